The van der Waals surface area contributed by atoms with Crippen molar-refractivity contribution in [2.45, 2.75) is 37.8 Å². The fourth-order valence-corrected chi connectivity index (χ4v) is 3.09. The molecule has 0 saturated carbocycles. The molecule has 2 rings (SSSR count). The van der Waals surface area contributed by atoms with Gasteiger partial charge in [-0.3, -0.25) is 4.90 Å². The maximum Gasteiger partial charge on any atom is 0.0798 e. The van der Waals surface area contributed by atoms with Crippen molar-refractivity contribution in [3.8, 4) is 0 Å². The largest absolute Gasteiger partial charge is 0.388 e. The molecule has 2 N–H and O–H groups in total. The fourth-order valence-electron chi connectivity index (χ4n) is 3.09. The van der Waals surface area contributed by atoms with Crippen LogP contribution in [0.1, 0.15) is 26.2 Å². The zero-order valence-corrected chi connectivity index (χ0v) is 11.3. The highest BCUT2D eigenvalue weighted by Gasteiger charge is 2.33. The van der Waals surface area contributed by atoms with Gasteiger partial charge in [0.1, 0.15) is 0 Å². The summed E-state index contributed by atoms with van der Waals surface area (Å²) < 4.78 is 0. The molecule has 17 heavy (non-hydrogen) atoms. The highest BCUT2D eigenvalue weighted by atomic mass is 16.3. The van der Waals surface area contributed by atoms with Crippen molar-refractivity contribution in [3.63, 3.8) is 0 Å². The summed E-state index contributed by atoms with van der Waals surface area (Å²) in [6, 6.07) is 0.557. The topological polar surface area (TPSA) is 38.7 Å². The molecule has 0 radical (unpaired) electrons. The summed E-state index contributed by atoms with van der Waals surface area (Å²) in [4.78, 5) is 4.88. The van der Waals surface area contributed by atoms with Gasteiger partial charge in [0.15, 0.2) is 0 Å². The first kappa shape index (κ1) is 13.3. The van der Waals surface area contributed by atoms with Crippen LogP contribution in [0.15, 0.2) is 0 Å². The van der Waals surface area contributed by atoms with Crippen LogP contribution in [0.25, 0.3) is 0 Å². The molecular formula is C13H27N3O. The summed E-state index contributed by atoms with van der Waals surface area (Å²) in [5, 5.41) is 13.9. The maximum atomic E-state index is 10.6. The Bertz CT molecular complexity index is 241. The van der Waals surface area contributed by atoms with Crippen molar-refractivity contribution in [2.24, 2.45) is 0 Å². The second kappa shape index (κ2) is 5.65. The molecule has 4 heteroatoms. The molecule has 0 aromatic rings. The minimum absolute atomic E-state index is 0.456. The van der Waals surface area contributed by atoms with Crippen LogP contribution in [0.5, 0.6) is 0 Å². The van der Waals surface area contributed by atoms with Crippen LogP contribution in [0.3, 0.4) is 0 Å². The number of nitrogens with one attached hydrogen (secondary N) is 1. The third kappa shape index (κ3) is 3.65. The van der Waals surface area contributed by atoms with E-state index in [-0.39, 0.29) is 0 Å². The summed E-state index contributed by atoms with van der Waals surface area (Å²) in [7, 11) is 2.19. The maximum absolute atomic E-state index is 10.6. The molecule has 100 valence electrons. The lowest BCUT2D eigenvalue weighted by molar-refractivity contribution is -0.0285. The number of β-amino-alcohol motifs (C(OH)–C–C–N with tert-alkyl or cyclic N) is 1. The summed E-state index contributed by atoms with van der Waals surface area (Å²) >= 11 is 0. The molecular weight excluding hydrogens is 214 g/mol. The average Bonchev–Trinajstić information content (AvgIpc) is 2.42. The first-order valence-corrected chi connectivity index (χ1v) is 6.95. The van der Waals surface area contributed by atoms with E-state index in [4.69, 9.17) is 0 Å². The summed E-state index contributed by atoms with van der Waals surface area (Å²) in [5.41, 5.74) is -0.456. The van der Waals surface area contributed by atoms with Crippen LogP contribution < -0.4 is 5.32 Å². The van der Waals surface area contributed by atoms with Crippen molar-refractivity contribution in [1.29, 1.82) is 0 Å². The first-order chi connectivity index (χ1) is 8.09. The van der Waals surface area contributed by atoms with Gasteiger partial charge in [-0.05, 0) is 59.4 Å². The van der Waals surface area contributed by atoms with Gasteiger partial charge >= 0.3 is 0 Å². The van der Waals surface area contributed by atoms with Crippen molar-refractivity contribution in [3.05, 3.63) is 0 Å². The lowest BCUT2D eigenvalue weighted by Crippen LogP contribution is -2.52. The SMILES string of the molecule is CC1CN(C)CCCN1CC1(O)CCNCC1. The van der Waals surface area contributed by atoms with Gasteiger partial charge in [0, 0.05) is 19.1 Å². The number of hydrogen-bond donors (Lipinski definition) is 2. The molecule has 0 bridgehead atoms. The third-order valence-electron chi connectivity index (χ3n) is 4.22. The predicted octanol–water partition coefficient (Wildman–Crippen LogP) is 0.127. The van der Waals surface area contributed by atoms with Crippen LogP contribution in [-0.2, 0) is 0 Å². The molecule has 2 heterocycles. The zero-order chi connectivity index (χ0) is 12.3. The van der Waals surface area contributed by atoms with Crippen molar-refractivity contribution >= 4 is 0 Å². The lowest BCUT2D eigenvalue weighted by atomic mass is 9.91. The van der Waals surface area contributed by atoms with E-state index in [0.29, 0.717) is 6.04 Å². The van der Waals surface area contributed by atoms with Gasteiger partial charge in [-0.15, -0.1) is 0 Å². The van der Waals surface area contributed by atoms with Gasteiger partial charge in [0.25, 0.3) is 0 Å². The monoisotopic (exact) mass is 241 g/mol. The van der Waals surface area contributed by atoms with E-state index >= 15 is 0 Å². The van der Waals surface area contributed by atoms with Crippen LogP contribution in [0, 0.1) is 0 Å². The van der Waals surface area contributed by atoms with Gasteiger partial charge in [-0.2, -0.15) is 0 Å². The molecule has 0 spiro atoms. The number of piperidine rings is 1. The lowest BCUT2D eigenvalue weighted by Gasteiger charge is -2.39. The Labute approximate surface area is 105 Å². The summed E-state index contributed by atoms with van der Waals surface area (Å²) in [6.45, 7) is 8.48. The highest BCUT2D eigenvalue weighted by Crippen LogP contribution is 2.21. The Morgan fingerprint density at radius 2 is 2.00 bits per heavy atom. The van der Waals surface area contributed by atoms with E-state index in [9.17, 15) is 5.11 Å². The first-order valence-electron chi connectivity index (χ1n) is 6.95. The van der Waals surface area contributed by atoms with Crippen LogP contribution in [-0.4, -0.2) is 72.9 Å². The highest BCUT2D eigenvalue weighted by molar-refractivity contribution is 4.89. The molecule has 2 fully saturated rings. The Kier molecular flexibility index (Phi) is 4.42. The second-order valence-corrected chi connectivity index (χ2v) is 5.91. The molecule has 0 aromatic heterocycles. The van der Waals surface area contributed by atoms with Crippen molar-refractivity contribution < 1.29 is 5.11 Å². The summed E-state index contributed by atoms with van der Waals surface area (Å²) in [6.07, 6.45) is 3.01. The van der Waals surface area contributed by atoms with Gasteiger partial charge in [-0.1, -0.05) is 0 Å². The molecule has 2 aliphatic rings. The van der Waals surface area contributed by atoms with E-state index in [2.05, 4.69) is 29.1 Å². The average molecular weight is 241 g/mol. The van der Waals surface area contributed by atoms with Crippen molar-refractivity contribution in [2.75, 3.05) is 46.3 Å². The number of nitrogens with zero attached hydrogens (tertiary/aromatic N) is 2. The Balaban J connectivity index is 1.92. The molecule has 2 aliphatic heterocycles. The predicted molar refractivity (Wildman–Crippen MR) is 70.2 cm³/mol. The summed E-state index contributed by atoms with van der Waals surface area (Å²) in [5.74, 6) is 0. The molecule has 1 atom stereocenters. The molecule has 0 aromatic carbocycles. The quantitative estimate of drug-likeness (QED) is 0.721. The number of aliphatic hydroxyl groups is 1. The fraction of sp³-hybridized carbons (Fsp3) is 1.00. The van der Waals surface area contributed by atoms with E-state index in [1.54, 1.807) is 0 Å². The van der Waals surface area contributed by atoms with Gasteiger partial charge in [-0.25, -0.2) is 0 Å². The van der Waals surface area contributed by atoms with Gasteiger partial charge in [0.05, 0.1) is 5.60 Å². The second-order valence-electron chi connectivity index (χ2n) is 5.91. The molecule has 2 saturated heterocycles. The minimum atomic E-state index is -0.456. The van der Waals surface area contributed by atoms with E-state index in [1.807, 2.05) is 0 Å². The minimum Gasteiger partial charge on any atom is -0.388 e. The van der Waals surface area contributed by atoms with Crippen LogP contribution >= 0.6 is 0 Å². The normalized spacial score (nSPS) is 32.3. The number of hydrogen-bond acceptors (Lipinski definition) is 4. The Morgan fingerprint density at radius 1 is 1.29 bits per heavy atom. The van der Waals surface area contributed by atoms with Crippen LogP contribution in [0.4, 0.5) is 0 Å². The number of likely N-dealkylation sites (N-methyl/N-ethyl adjacent to an activating group) is 1. The third-order valence-corrected chi connectivity index (χ3v) is 4.22. The van der Waals surface area contributed by atoms with Crippen molar-refractivity contribution in [1.82, 2.24) is 15.1 Å². The molecule has 4 nitrogen and oxygen atoms in total. The van der Waals surface area contributed by atoms with E-state index in [0.717, 1.165) is 45.6 Å². The Hall–Kier alpha value is -0.160. The van der Waals surface area contributed by atoms with Gasteiger partial charge < -0.3 is 15.3 Å². The van der Waals surface area contributed by atoms with E-state index < -0.39 is 5.60 Å². The van der Waals surface area contributed by atoms with Crippen LogP contribution in [0.2, 0.25) is 0 Å². The van der Waals surface area contributed by atoms with Gasteiger partial charge in [0.2, 0.25) is 0 Å². The molecule has 0 aliphatic carbocycles. The number of rotatable bonds is 2. The standard InChI is InChI=1S/C13H27N3O/c1-12-10-15(2)8-3-9-16(12)11-13(17)4-6-14-7-5-13/h12,14,17H,3-11H2,1-2H3. The smallest absolute Gasteiger partial charge is 0.0798 e. The molecule has 0 amide bonds. The Morgan fingerprint density at radius 3 is 2.71 bits per heavy atom. The zero-order valence-electron chi connectivity index (χ0n) is 11.3. The molecule has 1 unspecified atom stereocenters. The van der Waals surface area contributed by atoms with E-state index in [1.165, 1.54) is 13.0 Å².